The molecule has 4 nitrogen and oxygen atoms in total. The van der Waals surface area contributed by atoms with Crippen molar-refractivity contribution in [1.82, 2.24) is 4.90 Å². The smallest absolute Gasteiger partial charge is 0.338 e. The maximum atomic E-state index is 12.1. The fourth-order valence-corrected chi connectivity index (χ4v) is 3.32. The Labute approximate surface area is 131 Å². The monoisotopic (exact) mass is 301 g/mol. The van der Waals surface area contributed by atoms with E-state index in [1.54, 1.807) is 0 Å². The molecule has 0 aromatic heterocycles. The van der Waals surface area contributed by atoms with Crippen LogP contribution in [0.1, 0.15) is 53.6 Å². The fraction of sp³-hybridized carbons (Fsp3) is 0.556. The van der Waals surface area contributed by atoms with Crippen LogP contribution in [0.5, 0.6) is 0 Å². The van der Waals surface area contributed by atoms with Crippen molar-refractivity contribution < 1.29 is 14.3 Å². The molecule has 0 N–H and O–H groups in total. The van der Waals surface area contributed by atoms with E-state index in [0.29, 0.717) is 5.56 Å². The van der Waals surface area contributed by atoms with Crippen LogP contribution >= 0.6 is 0 Å². The van der Waals surface area contributed by atoms with E-state index in [4.69, 9.17) is 4.74 Å². The molecule has 0 spiro atoms. The molecule has 0 radical (unpaired) electrons. The van der Waals surface area contributed by atoms with Crippen LogP contribution in [0.3, 0.4) is 0 Å². The molecule has 1 aromatic rings. The zero-order valence-electron chi connectivity index (χ0n) is 13.0. The van der Waals surface area contributed by atoms with Gasteiger partial charge in [-0.15, -0.1) is 0 Å². The van der Waals surface area contributed by atoms with Crippen molar-refractivity contribution in [3.05, 3.63) is 34.9 Å². The van der Waals surface area contributed by atoms with Crippen molar-refractivity contribution in [1.29, 1.82) is 0 Å². The summed E-state index contributed by atoms with van der Waals surface area (Å²) < 4.78 is 5.21. The van der Waals surface area contributed by atoms with E-state index in [0.717, 1.165) is 45.2 Å². The van der Waals surface area contributed by atoms with Gasteiger partial charge in [-0.2, -0.15) is 0 Å². The molecule has 1 fully saturated rings. The van der Waals surface area contributed by atoms with Crippen LogP contribution in [0.25, 0.3) is 0 Å². The number of carbonyl (C=O) groups excluding carboxylic acids is 2. The Balaban J connectivity index is 1.54. The van der Waals surface area contributed by atoms with Crippen LogP contribution in [0.2, 0.25) is 0 Å². The third-order valence-electron chi connectivity index (χ3n) is 4.62. The molecule has 118 valence electrons. The topological polar surface area (TPSA) is 46.6 Å². The molecule has 2 aliphatic rings. The zero-order valence-corrected chi connectivity index (χ0v) is 13.0. The highest BCUT2D eigenvalue weighted by molar-refractivity contribution is 5.91. The summed E-state index contributed by atoms with van der Waals surface area (Å²) in [5.41, 5.74) is 3.13. The van der Waals surface area contributed by atoms with Gasteiger partial charge in [-0.05, 0) is 55.4 Å². The van der Waals surface area contributed by atoms with Crippen molar-refractivity contribution in [3.8, 4) is 0 Å². The summed E-state index contributed by atoms with van der Waals surface area (Å²) in [5, 5.41) is 0. The average molecular weight is 301 g/mol. The number of ether oxygens (including phenoxy) is 1. The maximum absolute atomic E-state index is 12.1. The molecule has 1 amide bonds. The number of nitrogens with zero attached hydrogens (tertiary/aromatic N) is 1. The molecule has 0 atom stereocenters. The number of hydrogen-bond acceptors (Lipinski definition) is 3. The van der Waals surface area contributed by atoms with Gasteiger partial charge in [0.05, 0.1) is 5.56 Å². The Hall–Kier alpha value is -1.84. The van der Waals surface area contributed by atoms with Gasteiger partial charge in [0.25, 0.3) is 5.91 Å². The summed E-state index contributed by atoms with van der Waals surface area (Å²) in [5.74, 6) is -0.464. The number of aryl methyl sites for hydroxylation is 2. The number of amides is 1. The summed E-state index contributed by atoms with van der Waals surface area (Å²) in [6.45, 7) is 1.43. The molecule has 1 heterocycles. The molecule has 1 aliphatic carbocycles. The summed E-state index contributed by atoms with van der Waals surface area (Å²) >= 11 is 0. The Kier molecular flexibility index (Phi) is 4.76. The fourth-order valence-electron chi connectivity index (χ4n) is 3.32. The van der Waals surface area contributed by atoms with Gasteiger partial charge < -0.3 is 9.64 Å². The van der Waals surface area contributed by atoms with Crippen molar-refractivity contribution in [2.45, 2.75) is 44.9 Å². The molecule has 1 saturated heterocycles. The third kappa shape index (κ3) is 3.49. The van der Waals surface area contributed by atoms with Gasteiger partial charge in [-0.25, -0.2) is 4.79 Å². The van der Waals surface area contributed by atoms with Gasteiger partial charge in [0.2, 0.25) is 0 Å². The molecule has 0 bridgehead atoms. The molecular weight excluding hydrogens is 278 g/mol. The van der Waals surface area contributed by atoms with Crippen molar-refractivity contribution in [2.75, 3.05) is 19.7 Å². The Morgan fingerprint density at radius 3 is 2.45 bits per heavy atom. The van der Waals surface area contributed by atoms with E-state index in [1.807, 2.05) is 23.1 Å². The second kappa shape index (κ2) is 6.95. The first-order valence-electron chi connectivity index (χ1n) is 8.31. The molecule has 0 saturated carbocycles. The summed E-state index contributed by atoms with van der Waals surface area (Å²) in [4.78, 5) is 26.1. The summed E-state index contributed by atoms with van der Waals surface area (Å²) in [6.07, 6.45) is 7.73. The van der Waals surface area contributed by atoms with E-state index in [1.165, 1.54) is 24.0 Å². The van der Waals surface area contributed by atoms with Crippen LogP contribution in [0.15, 0.2) is 18.2 Å². The highest BCUT2D eigenvalue weighted by atomic mass is 16.5. The summed E-state index contributed by atoms with van der Waals surface area (Å²) in [6, 6.07) is 5.74. The van der Waals surface area contributed by atoms with Crippen molar-refractivity contribution in [3.63, 3.8) is 0 Å². The predicted octanol–water partition coefficient (Wildman–Crippen LogP) is 2.73. The number of likely N-dealkylation sites (tertiary alicyclic amines) is 1. The highest BCUT2D eigenvalue weighted by Crippen LogP contribution is 2.23. The number of fused-ring (bicyclic) bond motifs is 1. The molecule has 22 heavy (non-hydrogen) atoms. The highest BCUT2D eigenvalue weighted by Gasteiger charge is 2.19. The van der Waals surface area contributed by atoms with Crippen LogP contribution in [0.4, 0.5) is 0 Å². The van der Waals surface area contributed by atoms with Gasteiger partial charge in [0, 0.05) is 13.1 Å². The quantitative estimate of drug-likeness (QED) is 0.807. The Bertz CT molecular complexity index is 559. The molecule has 3 rings (SSSR count). The van der Waals surface area contributed by atoms with Crippen LogP contribution in [-0.2, 0) is 22.4 Å². The van der Waals surface area contributed by atoms with E-state index >= 15 is 0 Å². The largest absolute Gasteiger partial charge is 0.452 e. The molecule has 1 aromatic carbocycles. The Morgan fingerprint density at radius 1 is 0.955 bits per heavy atom. The lowest BCUT2D eigenvalue weighted by Crippen LogP contribution is -2.35. The minimum absolute atomic E-state index is 0.0728. The maximum Gasteiger partial charge on any atom is 0.338 e. The van der Waals surface area contributed by atoms with Gasteiger partial charge in [-0.1, -0.05) is 18.9 Å². The van der Waals surface area contributed by atoms with Gasteiger partial charge in [0.15, 0.2) is 6.61 Å². The van der Waals surface area contributed by atoms with Crippen LogP contribution < -0.4 is 0 Å². The Morgan fingerprint density at radius 2 is 1.68 bits per heavy atom. The number of carbonyl (C=O) groups is 2. The first-order valence-corrected chi connectivity index (χ1v) is 8.31. The second-order valence-electron chi connectivity index (χ2n) is 6.21. The standard InChI is InChI=1S/C18H23NO3/c20-17(19-10-3-1-2-4-11-19)13-22-18(21)16-9-8-14-6-5-7-15(14)12-16/h8-9,12H,1-7,10-11,13H2. The first kappa shape index (κ1) is 15.1. The minimum Gasteiger partial charge on any atom is -0.452 e. The number of esters is 1. The zero-order chi connectivity index (χ0) is 15.4. The molecular formula is C18H23NO3. The molecule has 4 heteroatoms. The second-order valence-corrected chi connectivity index (χ2v) is 6.21. The lowest BCUT2D eigenvalue weighted by molar-refractivity contribution is -0.134. The van der Waals surface area contributed by atoms with Crippen molar-refractivity contribution in [2.24, 2.45) is 0 Å². The van der Waals surface area contributed by atoms with Gasteiger partial charge in [0.1, 0.15) is 0 Å². The first-order chi connectivity index (χ1) is 10.7. The van der Waals surface area contributed by atoms with Crippen molar-refractivity contribution >= 4 is 11.9 Å². The normalized spacial score (nSPS) is 17.7. The SMILES string of the molecule is O=C(OCC(=O)N1CCCCCC1)c1ccc2c(c1)CCC2. The lowest BCUT2D eigenvalue weighted by atomic mass is 10.1. The predicted molar refractivity (Wildman–Crippen MR) is 83.8 cm³/mol. The number of benzene rings is 1. The lowest BCUT2D eigenvalue weighted by Gasteiger charge is -2.19. The third-order valence-corrected chi connectivity index (χ3v) is 4.62. The van der Waals surface area contributed by atoms with E-state index < -0.39 is 5.97 Å². The van der Waals surface area contributed by atoms with Crippen LogP contribution in [-0.4, -0.2) is 36.5 Å². The average Bonchev–Trinajstić information content (AvgIpc) is 2.83. The van der Waals surface area contributed by atoms with E-state index in [-0.39, 0.29) is 12.5 Å². The minimum atomic E-state index is -0.391. The van der Waals surface area contributed by atoms with E-state index in [2.05, 4.69) is 0 Å². The molecule has 1 aliphatic heterocycles. The van der Waals surface area contributed by atoms with Gasteiger partial charge in [-0.3, -0.25) is 4.79 Å². The molecule has 0 unspecified atom stereocenters. The number of rotatable bonds is 3. The number of hydrogen-bond donors (Lipinski definition) is 0. The van der Waals surface area contributed by atoms with E-state index in [9.17, 15) is 9.59 Å². The summed E-state index contributed by atoms with van der Waals surface area (Å²) in [7, 11) is 0. The van der Waals surface area contributed by atoms with Gasteiger partial charge >= 0.3 is 5.97 Å². The van der Waals surface area contributed by atoms with Crippen LogP contribution in [0, 0.1) is 0 Å².